The largest absolute Gasteiger partial charge is 0.488 e. The van der Waals surface area contributed by atoms with E-state index < -0.39 is 0 Å². The molecule has 0 aliphatic carbocycles. The molecule has 1 aromatic carbocycles. The second kappa shape index (κ2) is 9.60. The van der Waals surface area contributed by atoms with Crippen LogP contribution in [0.5, 0.6) is 5.75 Å². The van der Waals surface area contributed by atoms with Crippen LogP contribution in [0, 0.1) is 6.92 Å². The minimum Gasteiger partial charge on any atom is -0.488 e. The number of hydrogen-bond acceptors (Lipinski definition) is 3. The van der Waals surface area contributed by atoms with Gasteiger partial charge in [0, 0.05) is 32.4 Å². The third-order valence-electron chi connectivity index (χ3n) is 4.26. The van der Waals surface area contributed by atoms with Crippen molar-refractivity contribution in [3.8, 4) is 5.75 Å². The number of rotatable bonds is 5. The van der Waals surface area contributed by atoms with Crippen LogP contribution in [0.25, 0.3) is 0 Å². The second-order valence-corrected chi connectivity index (χ2v) is 5.98. The maximum Gasteiger partial charge on any atom is 0.191 e. The Morgan fingerprint density at radius 3 is 2.88 bits per heavy atom. The highest BCUT2D eigenvalue weighted by Gasteiger charge is 2.22. The first-order chi connectivity index (χ1) is 11.8. The molecular weight excluding hydrogens is 427 g/mol. The van der Waals surface area contributed by atoms with Gasteiger partial charge in [0.1, 0.15) is 11.9 Å². The maximum atomic E-state index is 5.94. The van der Waals surface area contributed by atoms with Crippen LogP contribution in [0.2, 0.25) is 0 Å². The number of fused-ring (bicyclic) bond motifs is 1. The average molecular weight is 452 g/mol. The summed E-state index contributed by atoms with van der Waals surface area (Å²) in [6, 6.07) is 10.3. The van der Waals surface area contributed by atoms with Crippen LogP contribution in [-0.4, -0.2) is 37.2 Å². The lowest BCUT2D eigenvalue weighted by molar-refractivity contribution is 0.235. The molecule has 1 aromatic heterocycles. The quantitative estimate of drug-likeness (QED) is 0.416. The monoisotopic (exact) mass is 452 g/mol. The highest BCUT2D eigenvalue weighted by Crippen LogP contribution is 2.27. The molecule has 1 atom stereocenters. The number of guanidine groups is 1. The van der Waals surface area contributed by atoms with Crippen LogP contribution in [0.15, 0.2) is 47.7 Å². The predicted octanol–water partition coefficient (Wildman–Crippen LogP) is 2.72. The van der Waals surface area contributed by atoms with Gasteiger partial charge in [-0.3, -0.25) is 9.98 Å². The molecule has 0 radical (unpaired) electrons. The Bertz CT molecular complexity index is 695. The molecule has 6 heteroatoms. The summed E-state index contributed by atoms with van der Waals surface area (Å²) in [5.41, 5.74) is 3.81. The molecule has 2 N–H and O–H groups in total. The van der Waals surface area contributed by atoms with Gasteiger partial charge in [-0.05, 0) is 42.2 Å². The van der Waals surface area contributed by atoms with Gasteiger partial charge >= 0.3 is 0 Å². The Labute approximate surface area is 166 Å². The van der Waals surface area contributed by atoms with Crippen molar-refractivity contribution < 1.29 is 4.74 Å². The Morgan fingerprint density at radius 2 is 2.12 bits per heavy atom. The molecule has 1 aliphatic rings. The van der Waals surface area contributed by atoms with Crippen molar-refractivity contribution in [1.82, 2.24) is 15.6 Å². The van der Waals surface area contributed by atoms with E-state index in [-0.39, 0.29) is 30.1 Å². The number of hydrogen-bond donors (Lipinski definition) is 2. The third kappa shape index (κ3) is 5.32. The summed E-state index contributed by atoms with van der Waals surface area (Å²) < 4.78 is 5.94. The fraction of sp³-hybridized carbons (Fsp3) is 0.368. The lowest BCUT2D eigenvalue weighted by Crippen LogP contribution is -2.42. The SMILES string of the molecule is CN=C(NCCc1ccncc1C)NCC1Cc2ccccc2O1.I. The molecule has 2 aromatic rings. The van der Waals surface area contributed by atoms with E-state index in [1.807, 2.05) is 24.5 Å². The van der Waals surface area contributed by atoms with Crippen LogP contribution in [0.4, 0.5) is 0 Å². The minimum absolute atomic E-state index is 0. The summed E-state index contributed by atoms with van der Waals surface area (Å²) in [6.45, 7) is 3.66. The fourth-order valence-electron chi connectivity index (χ4n) is 2.90. The van der Waals surface area contributed by atoms with Crippen molar-refractivity contribution in [3.05, 3.63) is 59.4 Å². The molecule has 0 amide bonds. The van der Waals surface area contributed by atoms with E-state index in [1.165, 1.54) is 16.7 Å². The Hall–Kier alpha value is -1.83. The standard InChI is InChI=1S/C19H24N4O.HI/c1-14-12-21-9-7-15(14)8-10-22-19(20-2)23-13-17-11-16-5-3-4-6-18(16)24-17;/h3-7,9,12,17H,8,10-11,13H2,1-2H3,(H2,20,22,23);1H. The van der Waals surface area contributed by atoms with Gasteiger partial charge in [-0.15, -0.1) is 24.0 Å². The Kier molecular flexibility index (Phi) is 7.49. The van der Waals surface area contributed by atoms with Gasteiger partial charge in [0.2, 0.25) is 0 Å². The van der Waals surface area contributed by atoms with Crippen molar-refractivity contribution in [2.24, 2.45) is 4.99 Å². The van der Waals surface area contributed by atoms with Crippen LogP contribution < -0.4 is 15.4 Å². The zero-order chi connectivity index (χ0) is 16.8. The topological polar surface area (TPSA) is 58.5 Å². The van der Waals surface area contributed by atoms with E-state index in [2.05, 4.69) is 45.7 Å². The Balaban J connectivity index is 0.00000225. The number of para-hydroxylation sites is 1. The fourth-order valence-corrected chi connectivity index (χ4v) is 2.90. The third-order valence-corrected chi connectivity index (χ3v) is 4.26. The summed E-state index contributed by atoms with van der Waals surface area (Å²) in [5.74, 6) is 1.81. The molecule has 25 heavy (non-hydrogen) atoms. The molecule has 5 nitrogen and oxygen atoms in total. The number of ether oxygens (including phenoxy) is 1. The summed E-state index contributed by atoms with van der Waals surface area (Å²) in [4.78, 5) is 8.40. The van der Waals surface area contributed by atoms with Crippen molar-refractivity contribution in [2.75, 3.05) is 20.1 Å². The van der Waals surface area contributed by atoms with Crippen LogP contribution in [-0.2, 0) is 12.8 Å². The van der Waals surface area contributed by atoms with Gasteiger partial charge in [-0.2, -0.15) is 0 Å². The minimum atomic E-state index is 0. The van der Waals surface area contributed by atoms with E-state index in [1.54, 1.807) is 7.05 Å². The molecule has 0 spiro atoms. The number of halogens is 1. The molecule has 0 bridgehead atoms. The van der Waals surface area contributed by atoms with Crippen molar-refractivity contribution in [1.29, 1.82) is 0 Å². The molecule has 2 heterocycles. The molecule has 0 fully saturated rings. The summed E-state index contributed by atoms with van der Waals surface area (Å²) in [6.07, 6.45) is 5.78. The number of aliphatic imine (C=N–C) groups is 1. The van der Waals surface area contributed by atoms with E-state index >= 15 is 0 Å². The van der Waals surface area contributed by atoms with E-state index in [0.29, 0.717) is 0 Å². The number of aryl methyl sites for hydroxylation is 1. The maximum absolute atomic E-state index is 5.94. The van der Waals surface area contributed by atoms with E-state index in [4.69, 9.17) is 4.74 Å². The number of nitrogens with one attached hydrogen (secondary N) is 2. The lowest BCUT2D eigenvalue weighted by atomic mass is 10.1. The molecule has 1 unspecified atom stereocenters. The first kappa shape index (κ1) is 19.5. The smallest absolute Gasteiger partial charge is 0.191 e. The van der Waals surface area contributed by atoms with Gasteiger partial charge in [-0.25, -0.2) is 0 Å². The average Bonchev–Trinajstić information content (AvgIpc) is 3.02. The molecular formula is C19H25IN4O. The number of nitrogens with zero attached hydrogens (tertiary/aromatic N) is 2. The van der Waals surface area contributed by atoms with Crippen LogP contribution in [0.1, 0.15) is 16.7 Å². The molecule has 1 aliphatic heterocycles. The number of pyridine rings is 1. The normalized spacial score (nSPS) is 15.8. The number of benzene rings is 1. The summed E-state index contributed by atoms with van der Waals surface area (Å²) in [7, 11) is 1.79. The molecule has 134 valence electrons. The Morgan fingerprint density at radius 1 is 1.28 bits per heavy atom. The van der Waals surface area contributed by atoms with Crippen molar-refractivity contribution >= 4 is 29.9 Å². The van der Waals surface area contributed by atoms with Crippen LogP contribution in [0.3, 0.4) is 0 Å². The van der Waals surface area contributed by atoms with E-state index in [9.17, 15) is 0 Å². The van der Waals surface area contributed by atoms with E-state index in [0.717, 1.165) is 37.6 Å². The highest BCUT2D eigenvalue weighted by atomic mass is 127. The zero-order valence-corrected chi connectivity index (χ0v) is 17.0. The summed E-state index contributed by atoms with van der Waals surface area (Å²) in [5, 5.41) is 6.70. The zero-order valence-electron chi connectivity index (χ0n) is 14.7. The molecule has 0 saturated carbocycles. The van der Waals surface area contributed by atoms with Gasteiger partial charge in [0.25, 0.3) is 0 Å². The second-order valence-electron chi connectivity index (χ2n) is 5.98. The van der Waals surface area contributed by atoms with Gasteiger partial charge in [0.05, 0.1) is 6.54 Å². The molecule has 0 saturated heterocycles. The summed E-state index contributed by atoms with van der Waals surface area (Å²) >= 11 is 0. The van der Waals surface area contributed by atoms with Gasteiger partial charge in [-0.1, -0.05) is 18.2 Å². The first-order valence-electron chi connectivity index (χ1n) is 8.35. The van der Waals surface area contributed by atoms with Gasteiger partial charge < -0.3 is 15.4 Å². The first-order valence-corrected chi connectivity index (χ1v) is 8.35. The number of aromatic nitrogens is 1. The van der Waals surface area contributed by atoms with Crippen LogP contribution >= 0.6 is 24.0 Å². The lowest BCUT2D eigenvalue weighted by Gasteiger charge is -2.16. The predicted molar refractivity (Wildman–Crippen MR) is 112 cm³/mol. The molecule has 3 rings (SSSR count). The van der Waals surface area contributed by atoms with Gasteiger partial charge in [0.15, 0.2) is 5.96 Å². The van der Waals surface area contributed by atoms with Crippen molar-refractivity contribution in [2.45, 2.75) is 25.9 Å². The highest BCUT2D eigenvalue weighted by molar-refractivity contribution is 14.0. The van der Waals surface area contributed by atoms with Crippen molar-refractivity contribution in [3.63, 3.8) is 0 Å².